The van der Waals surface area contributed by atoms with Gasteiger partial charge in [-0.15, -0.1) is 10.2 Å². The van der Waals surface area contributed by atoms with Gasteiger partial charge in [0.1, 0.15) is 10.8 Å². The van der Waals surface area contributed by atoms with Crippen molar-refractivity contribution in [3.05, 3.63) is 76.0 Å². The van der Waals surface area contributed by atoms with Crippen molar-refractivity contribution in [1.82, 2.24) is 15.5 Å². The van der Waals surface area contributed by atoms with E-state index < -0.39 is 11.7 Å². The molecule has 0 spiro atoms. The second kappa shape index (κ2) is 11.3. The molecule has 0 aliphatic rings. The fraction of sp³-hybridized carbons (Fsp3) is 0.304. The van der Waals surface area contributed by atoms with Crippen molar-refractivity contribution in [2.45, 2.75) is 45.1 Å². The summed E-state index contributed by atoms with van der Waals surface area (Å²) in [6, 6.07) is 16.0. The summed E-state index contributed by atoms with van der Waals surface area (Å²) in [6.45, 7) is 2.01. The standard InChI is InChI=1S/C23H25FN4O2S/c1-16(13-14-17-7-3-2-4-8-17)25-20(29)11-6-12-21-27-28-23(31-21)22(30)26-19-10-5-9-18(24)15-19/h2-5,7-10,15-16H,6,11-14H2,1H3,(H,25,29)(H,26,30). The summed E-state index contributed by atoms with van der Waals surface area (Å²) in [5, 5.41) is 14.4. The molecule has 0 fully saturated rings. The number of anilines is 1. The molecule has 8 heteroatoms. The number of aromatic nitrogens is 2. The van der Waals surface area contributed by atoms with Crippen molar-refractivity contribution in [1.29, 1.82) is 0 Å². The summed E-state index contributed by atoms with van der Waals surface area (Å²) in [7, 11) is 0. The average molecular weight is 441 g/mol. The third kappa shape index (κ3) is 7.57. The fourth-order valence-electron chi connectivity index (χ4n) is 3.04. The Morgan fingerprint density at radius 2 is 1.87 bits per heavy atom. The number of hydrogen-bond donors (Lipinski definition) is 2. The number of halogens is 1. The maximum atomic E-state index is 13.2. The Hall–Kier alpha value is -3.13. The summed E-state index contributed by atoms with van der Waals surface area (Å²) in [5.41, 5.74) is 1.62. The van der Waals surface area contributed by atoms with Crippen LogP contribution in [0.4, 0.5) is 10.1 Å². The molecule has 0 aliphatic heterocycles. The van der Waals surface area contributed by atoms with Gasteiger partial charge in [0, 0.05) is 24.6 Å². The maximum absolute atomic E-state index is 13.2. The highest BCUT2D eigenvalue weighted by molar-refractivity contribution is 7.13. The molecule has 1 aromatic heterocycles. The van der Waals surface area contributed by atoms with Gasteiger partial charge in [0.2, 0.25) is 10.9 Å². The number of amides is 2. The Balaban J connectivity index is 1.37. The molecule has 2 N–H and O–H groups in total. The lowest BCUT2D eigenvalue weighted by Crippen LogP contribution is -2.32. The van der Waals surface area contributed by atoms with E-state index in [2.05, 4.69) is 33.0 Å². The third-order valence-electron chi connectivity index (χ3n) is 4.65. The van der Waals surface area contributed by atoms with E-state index in [9.17, 15) is 14.0 Å². The Bertz CT molecular complexity index is 1010. The molecule has 6 nitrogen and oxygen atoms in total. The number of nitrogens with zero attached hydrogens (tertiary/aromatic N) is 2. The molecule has 0 radical (unpaired) electrons. The second-order valence-corrected chi connectivity index (χ2v) is 8.37. The first kappa shape index (κ1) is 22.6. The van der Waals surface area contributed by atoms with Crippen molar-refractivity contribution < 1.29 is 14.0 Å². The molecule has 2 aromatic carbocycles. The smallest absolute Gasteiger partial charge is 0.286 e. The molecule has 0 aliphatic carbocycles. The number of rotatable bonds is 10. The second-order valence-electron chi connectivity index (χ2n) is 7.31. The zero-order valence-corrected chi connectivity index (χ0v) is 18.1. The molecule has 31 heavy (non-hydrogen) atoms. The molecule has 162 valence electrons. The lowest BCUT2D eigenvalue weighted by molar-refractivity contribution is -0.121. The van der Waals surface area contributed by atoms with Crippen molar-refractivity contribution >= 4 is 28.8 Å². The molecule has 0 saturated heterocycles. The number of hydrogen-bond acceptors (Lipinski definition) is 5. The minimum absolute atomic E-state index is 0.00847. The molecule has 0 saturated carbocycles. The van der Waals surface area contributed by atoms with Crippen LogP contribution in [-0.2, 0) is 17.6 Å². The highest BCUT2D eigenvalue weighted by atomic mass is 32.1. The Labute approximate surface area is 184 Å². The van der Waals surface area contributed by atoms with E-state index in [0.29, 0.717) is 30.0 Å². The molecular formula is C23H25FN4O2S. The van der Waals surface area contributed by atoms with Gasteiger partial charge < -0.3 is 10.6 Å². The summed E-state index contributed by atoms with van der Waals surface area (Å²) in [6.07, 6.45) is 3.39. The molecule has 1 atom stereocenters. The molecule has 2 amide bonds. The zero-order chi connectivity index (χ0) is 22.1. The Morgan fingerprint density at radius 3 is 2.65 bits per heavy atom. The van der Waals surface area contributed by atoms with Crippen LogP contribution in [0.2, 0.25) is 0 Å². The lowest BCUT2D eigenvalue weighted by atomic mass is 10.1. The van der Waals surface area contributed by atoms with Gasteiger partial charge in [0.25, 0.3) is 5.91 Å². The van der Waals surface area contributed by atoms with Crippen molar-refractivity contribution in [2.24, 2.45) is 0 Å². The van der Waals surface area contributed by atoms with E-state index in [-0.39, 0.29) is 17.0 Å². The van der Waals surface area contributed by atoms with Crippen LogP contribution in [0.5, 0.6) is 0 Å². The number of benzene rings is 2. The number of carbonyl (C=O) groups is 2. The third-order valence-corrected chi connectivity index (χ3v) is 5.64. The van der Waals surface area contributed by atoms with Crippen LogP contribution >= 0.6 is 11.3 Å². The fourth-order valence-corrected chi connectivity index (χ4v) is 3.82. The van der Waals surface area contributed by atoms with Crippen LogP contribution in [0.1, 0.15) is 46.6 Å². The molecule has 3 rings (SSSR count). The minimum atomic E-state index is -0.431. The van der Waals surface area contributed by atoms with E-state index in [0.717, 1.165) is 12.8 Å². The molecule has 0 bridgehead atoms. The normalized spacial score (nSPS) is 11.7. The van der Waals surface area contributed by atoms with Crippen LogP contribution in [0, 0.1) is 5.82 Å². The van der Waals surface area contributed by atoms with Crippen LogP contribution in [0.15, 0.2) is 54.6 Å². The van der Waals surface area contributed by atoms with Crippen LogP contribution < -0.4 is 10.6 Å². The van der Waals surface area contributed by atoms with Gasteiger partial charge >= 0.3 is 0 Å². The molecule has 1 heterocycles. The first-order valence-electron chi connectivity index (χ1n) is 10.2. The largest absolute Gasteiger partial charge is 0.354 e. The van der Waals surface area contributed by atoms with Gasteiger partial charge in [-0.25, -0.2) is 4.39 Å². The number of nitrogens with one attached hydrogen (secondary N) is 2. The predicted octanol–water partition coefficient (Wildman–Crippen LogP) is 4.39. The summed E-state index contributed by atoms with van der Waals surface area (Å²) in [5.74, 6) is -0.850. The Kier molecular flexibility index (Phi) is 8.23. The van der Waals surface area contributed by atoms with E-state index in [1.54, 1.807) is 6.07 Å². The van der Waals surface area contributed by atoms with Gasteiger partial charge in [-0.2, -0.15) is 0 Å². The SMILES string of the molecule is CC(CCc1ccccc1)NC(=O)CCCc1nnc(C(=O)Nc2cccc(F)c2)s1. The molecule has 1 unspecified atom stereocenters. The van der Waals surface area contributed by atoms with E-state index in [4.69, 9.17) is 0 Å². The van der Waals surface area contributed by atoms with Gasteiger partial charge in [0.05, 0.1) is 0 Å². The Morgan fingerprint density at radius 1 is 1.06 bits per heavy atom. The predicted molar refractivity (Wildman–Crippen MR) is 120 cm³/mol. The van der Waals surface area contributed by atoms with Crippen LogP contribution in [0.25, 0.3) is 0 Å². The monoisotopic (exact) mass is 440 g/mol. The van der Waals surface area contributed by atoms with E-state index >= 15 is 0 Å². The first-order chi connectivity index (χ1) is 15.0. The zero-order valence-electron chi connectivity index (χ0n) is 17.3. The van der Waals surface area contributed by atoms with Gasteiger partial charge in [-0.3, -0.25) is 9.59 Å². The number of carbonyl (C=O) groups excluding carboxylic acids is 2. The quantitative estimate of drug-likeness (QED) is 0.490. The van der Waals surface area contributed by atoms with Crippen LogP contribution in [-0.4, -0.2) is 28.1 Å². The molecule has 3 aromatic rings. The van der Waals surface area contributed by atoms with Crippen molar-refractivity contribution in [3.8, 4) is 0 Å². The van der Waals surface area contributed by atoms with Gasteiger partial charge in [0.15, 0.2) is 0 Å². The molecular weight excluding hydrogens is 415 g/mol. The summed E-state index contributed by atoms with van der Waals surface area (Å²) in [4.78, 5) is 24.4. The summed E-state index contributed by atoms with van der Waals surface area (Å²) < 4.78 is 13.2. The maximum Gasteiger partial charge on any atom is 0.286 e. The highest BCUT2D eigenvalue weighted by Gasteiger charge is 2.14. The van der Waals surface area contributed by atoms with E-state index in [1.165, 1.54) is 35.1 Å². The van der Waals surface area contributed by atoms with E-state index in [1.807, 2.05) is 25.1 Å². The minimum Gasteiger partial charge on any atom is -0.354 e. The topological polar surface area (TPSA) is 84.0 Å². The first-order valence-corrected chi connectivity index (χ1v) is 11.0. The highest BCUT2D eigenvalue weighted by Crippen LogP contribution is 2.16. The van der Waals surface area contributed by atoms with Gasteiger partial charge in [-0.1, -0.05) is 47.7 Å². The van der Waals surface area contributed by atoms with Gasteiger partial charge in [-0.05, 0) is 49.9 Å². The van der Waals surface area contributed by atoms with Crippen molar-refractivity contribution in [3.63, 3.8) is 0 Å². The average Bonchev–Trinajstić information content (AvgIpc) is 3.22. The van der Waals surface area contributed by atoms with Crippen molar-refractivity contribution in [2.75, 3.05) is 5.32 Å². The van der Waals surface area contributed by atoms with Crippen LogP contribution in [0.3, 0.4) is 0 Å². The lowest BCUT2D eigenvalue weighted by Gasteiger charge is -2.13. The number of aryl methyl sites for hydroxylation is 2. The summed E-state index contributed by atoms with van der Waals surface area (Å²) >= 11 is 1.18.